The van der Waals surface area contributed by atoms with Crippen molar-refractivity contribution in [3.63, 3.8) is 0 Å². The fourth-order valence-corrected chi connectivity index (χ4v) is 5.37. The molecular formula is C28H26N4OS. The number of nitrogens with zero attached hydrogens (tertiary/aromatic N) is 3. The molecule has 2 aromatic heterocycles. The van der Waals surface area contributed by atoms with Crippen molar-refractivity contribution < 1.29 is 4.79 Å². The van der Waals surface area contributed by atoms with Crippen molar-refractivity contribution in [1.29, 1.82) is 0 Å². The molecule has 34 heavy (non-hydrogen) atoms. The average molecular weight is 467 g/mol. The fraction of sp³-hybridized carbons (Fsp3) is 0.179. The molecule has 0 aliphatic heterocycles. The molecule has 2 heterocycles. The van der Waals surface area contributed by atoms with E-state index in [1.165, 1.54) is 0 Å². The molecule has 0 aliphatic carbocycles. The summed E-state index contributed by atoms with van der Waals surface area (Å²) in [7, 11) is 0. The maximum Gasteiger partial charge on any atom is 0.231 e. The van der Waals surface area contributed by atoms with Gasteiger partial charge in [-0.1, -0.05) is 66.7 Å². The van der Waals surface area contributed by atoms with Crippen LogP contribution in [-0.2, 0) is 29.7 Å². The molecule has 0 saturated carbocycles. The normalized spacial score (nSPS) is 13.0. The zero-order chi connectivity index (χ0) is 23.4. The summed E-state index contributed by atoms with van der Waals surface area (Å²) >= 11 is 1.66. The predicted octanol–water partition coefficient (Wildman–Crippen LogP) is 5.36. The lowest BCUT2D eigenvalue weighted by atomic mass is 9.78. The molecule has 5 aromatic rings. The van der Waals surface area contributed by atoms with E-state index in [1.54, 1.807) is 23.9 Å². The SMILES string of the molecule is CC(Cc1nc2ccccc2s1)(C(=O)NCc1ccccc1Cn1ccnc1)c1ccccc1. The minimum Gasteiger partial charge on any atom is -0.351 e. The van der Waals surface area contributed by atoms with Crippen molar-refractivity contribution >= 4 is 27.5 Å². The molecule has 5 nitrogen and oxygen atoms in total. The van der Waals surface area contributed by atoms with E-state index >= 15 is 0 Å². The quantitative estimate of drug-likeness (QED) is 0.335. The van der Waals surface area contributed by atoms with E-state index in [4.69, 9.17) is 4.98 Å². The van der Waals surface area contributed by atoms with Gasteiger partial charge < -0.3 is 9.88 Å². The van der Waals surface area contributed by atoms with Crippen LogP contribution in [0.25, 0.3) is 10.2 Å². The van der Waals surface area contributed by atoms with Crippen LogP contribution in [0.2, 0.25) is 0 Å². The first-order valence-corrected chi connectivity index (χ1v) is 12.1. The molecule has 0 aliphatic rings. The second-order valence-corrected chi connectivity index (χ2v) is 9.75. The summed E-state index contributed by atoms with van der Waals surface area (Å²) in [5, 5.41) is 4.19. The monoisotopic (exact) mass is 466 g/mol. The number of hydrogen-bond acceptors (Lipinski definition) is 4. The second kappa shape index (κ2) is 9.61. The smallest absolute Gasteiger partial charge is 0.231 e. The van der Waals surface area contributed by atoms with Gasteiger partial charge in [-0.2, -0.15) is 0 Å². The fourth-order valence-electron chi connectivity index (χ4n) is 4.25. The van der Waals surface area contributed by atoms with Crippen LogP contribution in [0.4, 0.5) is 0 Å². The Bertz CT molecular complexity index is 1360. The van der Waals surface area contributed by atoms with E-state index in [-0.39, 0.29) is 5.91 Å². The lowest BCUT2D eigenvalue weighted by Crippen LogP contribution is -2.43. The van der Waals surface area contributed by atoms with Gasteiger partial charge in [0.05, 0.1) is 27.0 Å². The molecule has 5 rings (SSSR count). The van der Waals surface area contributed by atoms with E-state index in [2.05, 4.69) is 28.5 Å². The van der Waals surface area contributed by atoms with Crippen LogP contribution in [0, 0.1) is 0 Å². The maximum atomic E-state index is 13.7. The molecule has 6 heteroatoms. The van der Waals surface area contributed by atoms with Crippen molar-refractivity contribution in [2.45, 2.75) is 31.8 Å². The first kappa shape index (κ1) is 22.0. The lowest BCUT2D eigenvalue weighted by molar-refractivity contribution is -0.126. The number of imidazole rings is 1. The minimum absolute atomic E-state index is 0.00427. The van der Waals surface area contributed by atoms with Gasteiger partial charge in [-0.25, -0.2) is 9.97 Å². The van der Waals surface area contributed by atoms with E-state index in [9.17, 15) is 4.79 Å². The van der Waals surface area contributed by atoms with Gasteiger partial charge in [0.25, 0.3) is 0 Å². The lowest BCUT2D eigenvalue weighted by Gasteiger charge is -2.28. The summed E-state index contributed by atoms with van der Waals surface area (Å²) in [4.78, 5) is 22.7. The largest absolute Gasteiger partial charge is 0.351 e. The standard InChI is InChI=1S/C28H26N4OS/c1-28(23-11-3-2-4-12-23,17-26-31-24-13-7-8-14-25(24)34-26)27(33)30-18-21-9-5-6-10-22(21)19-32-16-15-29-20-32/h2-16,20H,17-19H2,1H3,(H,30,33). The van der Waals surface area contributed by atoms with Crippen LogP contribution in [0.3, 0.4) is 0 Å². The second-order valence-electron chi connectivity index (χ2n) is 8.64. The van der Waals surface area contributed by atoms with Crippen molar-refractivity contribution in [3.8, 4) is 0 Å². The number of para-hydroxylation sites is 1. The van der Waals surface area contributed by atoms with Crippen molar-refractivity contribution in [2.75, 3.05) is 0 Å². The zero-order valence-corrected chi connectivity index (χ0v) is 19.8. The van der Waals surface area contributed by atoms with Crippen LogP contribution in [0.15, 0.2) is 97.6 Å². The highest BCUT2D eigenvalue weighted by Crippen LogP contribution is 2.32. The Labute approximate surface area is 203 Å². The summed E-state index contributed by atoms with van der Waals surface area (Å²) in [5.41, 5.74) is 3.48. The Morgan fingerprint density at radius 3 is 2.47 bits per heavy atom. The number of benzene rings is 3. The van der Waals surface area contributed by atoms with Gasteiger partial charge in [-0.05, 0) is 35.7 Å². The Morgan fingerprint density at radius 1 is 0.971 bits per heavy atom. The Balaban J connectivity index is 1.39. The number of aromatic nitrogens is 3. The molecule has 1 amide bonds. The zero-order valence-electron chi connectivity index (χ0n) is 19.0. The van der Waals surface area contributed by atoms with Gasteiger partial charge in [0.15, 0.2) is 0 Å². The molecule has 0 saturated heterocycles. The molecule has 1 unspecified atom stereocenters. The molecule has 1 atom stereocenters. The summed E-state index contributed by atoms with van der Waals surface area (Å²) < 4.78 is 3.17. The molecule has 0 bridgehead atoms. The number of nitrogens with one attached hydrogen (secondary N) is 1. The van der Waals surface area contributed by atoms with Gasteiger partial charge in [-0.15, -0.1) is 11.3 Å². The Morgan fingerprint density at radius 2 is 1.71 bits per heavy atom. The van der Waals surface area contributed by atoms with E-state index < -0.39 is 5.41 Å². The van der Waals surface area contributed by atoms with Crippen molar-refractivity contribution in [1.82, 2.24) is 19.9 Å². The average Bonchev–Trinajstić information content (AvgIpc) is 3.53. The summed E-state index contributed by atoms with van der Waals surface area (Å²) in [6.45, 7) is 3.20. The molecule has 3 aromatic carbocycles. The predicted molar refractivity (Wildman–Crippen MR) is 137 cm³/mol. The molecule has 0 spiro atoms. The number of hydrogen-bond donors (Lipinski definition) is 1. The molecule has 0 radical (unpaired) electrons. The maximum absolute atomic E-state index is 13.7. The Kier molecular flexibility index (Phi) is 6.23. The molecule has 0 fully saturated rings. The van der Waals surface area contributed by atoms with E-state index in [0.29, 0.717) is 19.5 Å². The third kappa shape index (κ3) is 4.63. The van der Waals surface area contributed by atoms with Crippen LogP contribution < -0.4 is 5.32 Å². The molecule has 1 N–H and O–H groups in total. The minimum atomic E-state index is -0.742. The van der Waals surface area contributed by atoms with Crippen molar-refractivity contribution in [2.24, 2.45) is 0 Å². The van der Waals surface area contributed by atoms with Crippen LogP contribution in [0.1, 0.15) is 28.6 Å². The van der Waals surface area contributed by atoms with E-state index in [0.717, 1.165) is 31.9 Å². The number of amides is 1. The van der Waals surface area contributed by atoms with Gasteiger partial charge in [-0.3, -0.25) is 4.79 Å². The number of fused-ring (bicyclic) bond motifs is 1. The molecular weight excluding hydrogens is 440 g/mol. The first-order chi connectivity index (χ1) is 16.6. The van der Waals surface area contributed by atoms with Gasteiger partial charge >= 0.3 is 0 Å². The highest BCUT2D eigenvalue weighted by molar-refractivity contribution is 7.18. The summed E-state index contributed by atoms with van der Waals surface area (Å²) in [6, 6.07) is 26.3. The van der Waals surface area contributed by atoms with Crippen LogP contribution >= 0.6 is 11.3 Å². The van der Waals surface area contributed by atoms with E-state index in [1.807, 2.05) is 78.4 Å². The Hall–Kier alpha value is -3.77. The third-order valence-electron chi connectivity index (χ3n) is 6.22. The topological polar surface area (TPSA) is 59.8 Å². The van der Waals surface area contributed by atoms with Crippen LogP contribution in [0.5, 0.6) is 0 Å². The van der Waals surface area contributed by atoms with Gasteiger partial charge in [0, 0.05) is 31.9 Å². The van der Waals surface area contributed by atoms with Crippen LogP contribution in [-0.4, -0.2) is 20.4 Å². The number of rotatable bonds is 8. The third-order valence-corrected chi connectivity index (χ3v) is 7.26. The van der Waals surface area contributed by atoms with Gasteiger partial charge in [0.1, 0.15) is 0 Å². The summed E-state index contributed by atoms with van der Waals surface area (Å²) in [5.74, 6) is -0.00427. The summed E-state index contributed by atoms with van der Waals surface area (Å²) in [6.07, 6.45) is 6.07. The molecule has 170 valence electrons. The number of carbonyl (C=O) groups is 1. The number of thiazole rings is 1. The highest BCUT2D eigenvalue weighted by atomic mass is 32.1. The van der Waals surface area contributed by atoms with Crippen molar-refractivity contribution in [3.05, 3.63) is 119 Å². The highest BCUT2D eigenvalue weighted by Gasteiger charge is 2.36. The first-order valence-electron chi connectivity index (χ1n) is 11.3. The number of carbonyl (C=O) groups excluding carboxylic acids is 1. The van der Waals surface area contributed by atoms with Gasteiger partial charge in [0.2, 0.25) is 5.91 Å².